The van der Waals surface area contributed by atoms with Gasteiger partial charge < -0.3 is 10.6 Å². The van der Waals surface area contributed by atoms with Crippen LogP contribution in [0.2, 0.25) is 0 Å². The molecule has 1 fully saturated rings. The molecule has 25 heavy (non-hydrogen) atoms. The summed E-state index contributed by atoms with van der Waals surface area (Å²) in [5, 5.41) is 14.7. The monoisotopic (exact) mass is 333 g/mol. The van der Waals surface area contributed by atoms with Gasteiger partial charge in [0, 0.05) is 6.54 Å². The zero-order valence-corrected chi connectivity index (χ0v) is 13.8. The smallest absolute Gasteiger partial charge is 0.240 e. The Bertz CT molecular complexity index is 820. The van der Waals surface area contributed by atoms with Gasteiger partial charge in [-0.25, -0.2) is 0 Å². The Morgan fingerprint density at radius 3 is 2.36 bits per heavy atom. The van der Waals surface area contributed by atoms with Crippen LogP contribution < -0.4 is 10.6 Å². The largest absolute Gasteiger partial charge is 0.355 e. The highest BCUT2D eigenvalue weighted by atomic mass is 16.2. The van der Waals surface area contributed by atoms with Crippen molar-refractivity contribution in [3.05, 3.63) is 65.7 Å². The predicted molar refractivity (Wildman–Crippen MR) is 94.6 cm³/mol. The maximum absolute atomic E-state index is 12.6. The van der Waals surface area contributed by atoms with E-state index in [0.29, 0.717) is 30.6 Å². The number of nitriles is 1. The molecule has 0 saturated heterocycles. The molecule has 2 aromatic carbocycles. The van der Waals surface area contributed by atoms with Crippen molar-refractivity contribution < 1.29 is 9.59 Å². The summed E-state index contributed by atoms with van der Waals surface area (Å²) in [4.78, 5) is 25.0. The first kappa shape index (κ1) is 16.7. The van der Waals surface area contributed by atoms with E-state index >= 15 is 0 Å². The van der Waals surface area contributed by atoms with E-state index in [0.717, 1.165) is 12.0 Å². The molecule has 2 amide bonds. The van der Waals surface area contributed by atoms with Gasteiger partial charge in [0.15, 0.2) is 0 Å². The molecule has 2 N–H and O–H groups in total. The van der Waals surface area contributed by atoms with E-state index in [4.69, 9.17) is 5.26 Å². The fourth-order valence-corrected chi connectivity index (χ4v) is 2.75. The molecule has 0 aromatic heterocycles. The number of hydrogen-bond donors (Lipinski definition) is 2. The maximum atomic E-state index is 12.6. The quantitative estimate of drug-likeness (QED) is 0.797. The van der Waals surface area contributed by atoms with Gasteiger partial charge in [0.05, 0.1) is 11.3 Å². The fourth-order valence-electron chi connectivity index (χ4n) is 2.75. The van der Waals surface area contributed by atoms with Crippen molar-refractivity contribution in [2.75, 3.05) is 11.9 Å². The molecule has 1 aliphatic rings. The van der Waals surface area contributed by atoms with Crippen LogP contribution in [-0.4, -0.2) is 18.4 Å². The van der Waals surface area contributed by atoms with Crippen LogP contribution in [0.3, 0.4) is 0 Å². The number of rotatable bonds is 6. The Hall–Kier alpha value is -3.13. The second kappa shape index (κ2) is 7.18. The highest BCUT2D eigenvalue weighted by Crippen LogP contribution is 2.47. The van der Waals surface area contributed by atoms with Crippen molar-refractivity contribution in [1.82, 2.24) is 5.32 Å². The summed E-state index contributed by atoms with van der Waals surface area (Å²) in [6.07, 6.45) is 1.79. The number of para-hydroxylation sites is 1. The lowest BCUT2D eigenvalue weighted by Gasteiger charge is -2.16. The Morgan fingerprint density at radius 1 is 1.00 bits per heavy atom. The van der Waals surface area contributed by atoms with E-state index in [1.165, 1.54) is 0 Å². The van der Waals surface area contributed by atoms with Gasteiger partial charge in [-0.15, -0.1) is 0 Å². The highest BCUT2D eigenvalue weighted by molar-refractivity contribution is 6.13. The summed E-state index contributed by atoms with van der Waals surface area (Å²) < 4.78 is 0. The molecule has 5 nitrogen and oxygen atoms in total. The third kappa shape index (κ3) is 3.69. The number of anilines is 1. The van der Waals surface area contributed by atoms with Crippen molar-refractivity contribution in [2.45, 2.75) is 19.3 Å². The first-order valence-corrected chi connectivity index (χ1v) is 8.28. The van der Waals surface area contributed by atoms with Crippen LogP contribution in [0.5, 0.6) is 0 Å². The van der Waals surface area contributed by atoms with E-state index in [1.807, 2.05) is 36.4 Å². The Morgan fingerprint density at radius 2 is 1.68 bits per heavy atom. The lowest BCUT2D eigenvalue weighted by Crippen LogP contribution is -2.40. The zero-order chi connectivity index (χ0) is 17.7. The molecule has 0 radical (unpaired) electrons. The molecule has 2 aromatic rings. The average molecular weight is 333 g/mol. The summed E-state index contributed by atoms with van der Waals surface area (Å²) in [6.45, 7) is 0.493. The SMILES string of the molecule is N#Cc1ccccc1NC(=O)C1(C(=O)NCCc2ccccc2)CC1. The van der Waals surface area contributed by atoms with Crippen LogP contribution in [0.15, 0.2) is 54.6 Å². The van der Waals surface area contributed by atoms with Crippen molar-refractivity contribution in [3.8, 4) is 6.07 Å². The number of benzene rings is 2. The zero-order valence-electron chi connectivity index (χ0n) is 13.8. The Labute approximate surface area is 146 Å². The molecule has 1 saturated carbocycles. The fraction of sp³-hybridized carbons (Fsp3) is 0.250. The second-order valence-electron chi connectivity index (χ2n) is 6.19. The maximum Gasteiger partial charge on any atom is 0.240 e. The third-order valence-corrected chi connectivity index (χ3v) is 4.46. The van der Waals surface area contributed by atoms with Gasteiger partial charge >= 0.3 is 0 Å². The second-order valence-corrected chi connectivity index (χ2v) is 6.19. The van der Waals surface area contributed by atoms with Crippen LogP contribution in [0.25, 0.3) is 0 Å². The van der Waals surface area contributed by atoms with E-state index in [2.05, 4.69) is 10.6 Å². The summed E-state index contributed by atoms with van der Waals surface area (Å²) in [7, 11) is 0. The number of hydrogen-bond acceptors (Lipinski definition) is 3. The molecular weight excluding hydrogens is 314 g/mol. The Balaban J connectivity index is 1.58. The van der Waals surface area contributed by atoms with Crippen LogP contribution in [0, 0.1) is 16.7 Å². The third-order valence-electron chi connectivity index (χ3n) is 4.46. The summed E-state index contributed by atoms with van der Waals surface area (Å²) >= 11 is 0. The van der Waals surface area contributed by atoms with Crippen LogP contribution in [0.4, 0.5) is 5.69 Å². The van der Waals surface area contributed by atoms with Gasteiger partial charge in [0.25, 0.3) is 0 Å². The lowest BCUT2D eigenvalue weighted by molar-refractivity contribution is -0.134. The predicted octanol–water partition coefficient (Wildman–Crippen LogP) is 2.64. The summed E-state index contributed by atoms with van der Waals surface area (Å²) in [6, 6.07) is 18.7. The van der Waals surface area contributed by atoms with Gasteiger partial charge in [-0.2, -0.15) is 5.26 Å². The van der Waals surface area contributed by atoms with E-state index < -0.39 is 5.41 Å². The number of amides is 2. The highest BCUT2D eigenvalue weighted by Gasteiger charge is 2.56. The number of nitrogens with one attached hydrogen (secondary N) is 2. The minimum Gasteiger partial charge on any atom is -0.355 e. The van der Waals surface area contributed by atoms with Crippen molar-refractivity contribution in [2.24, 2.45) is 5.41 Å². The summed E-state index contributed by atoms with van der Waals surface area (Å²) in [5.74, 6) is -0.581. The molecule has 0 heterocycles. The molecule has 0 unspecified atom stereocenters. The van der Waals surface area contributed by atoms with E-state index in [9.17, 15) is 9.59 Å². The van der Waals surface area contributed by atoms with Crippen molar-refractivity contribution in [3.63, 3.8) is 0 Å². The minimum atomic E-state index is -1.00. The van der Waals surface area contributed by atoms with Crippen molar-refractivity contribution in [1.29, 1.82) is 5.26 Å². The molecule has 126 valence electrons. The van der Waals surface area contributed by atoms with Gasteiger partial charge in [0.1, 0.15) is 11.5 Å². The summed E-state index contributed by atoms with van der Waals surface area (Å²) in [5.41, 5.74) is 0.966. The molecule has 3 rings (SSSR count). The Kier molecular flexibility index (Phi) is 4.80. The van der Waals surface area contributed by atoms with Crippen LogP contribution >= 0.6 is 0 Å². The standard InChI is InChI=1S/C20H19N3O2/c21-14-16-8-4-5-9-17(16)23-19(25)20(11-12-20)18(24)22-13-10-15-6-2-1-3-7-15/h1-9H,10-13H2,(H,22,24)(H,23,25). The van der Waals surface area contributed by atoms with E-state index in [1.54, 1.807) is 24.3 Å². The van der Waals surface area contributed by atoms with Gasteiger partial charge in [-0.05, 0) is 37.0 Å². The van der Waals surface area contributed by atoms with Crippen LogP contribution in [-0.2, 0) is 16.0 Å². The number of nitrogens with zero attached hydrogens (tertiary/aromatic N) is 1. The molecule has 1 aliphatic carbocycles. The van der Waals surface area contributed by atoms with Gasteiger partial charge in [0.2, 0.25) is 11.8 Å². The molecule has 5 heteroatoms. The van der Waals surface area contributed by atoms with Crippen LogP contribution in [0.1, 0.15) is 24.0 Å². The normalized spacial score (nSPS) is 14.2. The molecule has 0 aliphatic heterocycles. The van der Waals surface area contributed by atoms with Crippen molar-refractivity contribution >= 4 is 17.5 Å². The first-order valence-electron chi connectivity index (χ1n) is 8.28. The molecule has 0 spiro atoms. The first-order chi connectivity index (χ1) is 12.2. The lowest BCUT2D eigenvalue weighted by atomic mass is 10.0. The topological polar surface area (TPSA) is 82.0 Å². The van der Waals surface area contributed by atoms with Gasteiger partial charge in [-0.1, -0.05) is 42.5 Å². The average Bonchev–Trinajstić information content (AvgIpc) is 3.45. The molecule has 0 bridgehead atoms. The number of carbonyl (C=O) groups is 2. The van der Waals surface area contributed by atoms with Gasteiger partial charge in [-0.3, -0.25) is 9.59 Å². The molecular formula is C20H19N3O2. The minimum absolute atomic E-state index is 0.240. The molecule has 0 atom stereocenters. The number of carbonyl (C=O) groups excluding carboxylic acids is 2. The van der Waals surface area contributed by atoms with E-state index in [-0.39, 0.29) is 11.8 Å².